The number of para-hydroxylation sites is 2. The summed E-state index contributed by atoms with van der Waals surface area (Å²) in [4.78, 5) is 40.5. The van der Waals surface area contributed by atoms with Gasteiger partial charge < -0.3 is 4.74 Å². The summed E-state index contributed by atoms with van der Waals surface area (Å²) in [5.74, 6) is 0.784. The average Bonchev–Trinajstić information content (AvgIpc) is 2.81. The molecule has 0 bridgehead atoms. The summed E-state index contributed by atoms with van der Waals surface area (Å²) in [5.41, 5.74) is 1.99. The SMILES string of the molecule is COc1ccc2nc3cc(Cl)ccc3c(-n3c4nc(=O)[nH]c(=O)c-4nc4ccccc43)c2c1. The van der Waals surface area contributed by atoms with Gasteiger partial charge >= 0.3 is 5.69 Å². The largest absolute Gasteiger partial charge is 0.497 e. The van der Waals surface area contributed by atoms with Crippen molar-refractivity contribution in [3.05, 3.63) is 86.5 Å². The van der Waals surface area contributed by atoms with Gasteiger partial charge in [-0.3, -0.25) is 14.3 Å². The fourth-order valence-electron chi connectivity index (χ4n) is 4.14. The molecule has 0 amide bonds. The van der Waals surface area contributed by atoms with E-state index in [2.05, 4.69) is 15.0 Å². The van der Waals surface area contributed by atoms with Crippen molar-refractivity contribution in [1.82, 2.24) is 24.5 Å². The molecule has 3 aromatic carbocycles. The van der Waals surface area contributed by atoms with Crippen LogP contribution in [0.25, 0.3) is 50.0 Å². The summed E-state index contributed by atoms with van der Waals surface area (Å²) in [6.45, 7) is 0. The van der Waals surface area contributed by atoms with Crippen LogP contribution in [0.15, 0.2) is 70.3 Å². The lowest BCUT2D eigenvalue weighted by atomic mass is 10.1. The highest BCUT2D eigenvalue weighted by atomic mass is 35.5. The number of hydrogen-bond acceptors (Lipinski definition) is 6. The van der Waals surface area contributed by atoms with E-state index in [0.717, 1.165) is 10.8 Å². The van der Waals surface area contributed by atoms with E-state index in [1.807, 2.05) is 42.5 Å². The molecule has 160 valence electrons. The minimum absolute atomic E-state index is 0.0586. The number of nitrogens with one attached hydrogen (secondary N) is 1. The van der Waals surface area contributed by atoms with Gasteiger partial charge in [0.05, 0.1) is 34.9 Å². The van der Waals surface area contributed by atoms with Crippen LogP contribution in [0.5, 0.6) is 5.75 Å². The van der Waals surface area contributed by atoms with Crippen LogP contribution in [0.2, 0.25) is 5.02 Å². The molecule has 33 heavy (non-hydrogen) atoms. The maximum absolute atomic E-state index is 12.7. The summed E-state index contributed by atoms with van der Waals surface area (Å²) >= 11 is 6.27. The Morgan fingerprint density at radius 2 is 1.73 bits per heavy atom. The fraction of sp³-hybridized carbons (Fsp3) is 0.0417. The zero-order chi connectivity index (χ0) is 22.7. The maximum atomic E-state index is 12.7. The van der Waals surface area contributed by atoms with E-state index in [1.165, 1.54) is 0 Å². The van der Waals surface area contributed by atoms with Crippen molar-refractivity contribution >= 4 is 44.4 Å². The zero-order valence-electron chi connectivity index (χ0n) is 17.2. The van der Waals surface area contributed by atoms with E-state index in [4.69, 9.17) is 21.3 Å². The molecule has 3 heterocycles. The van der Waals surface area contributed by atoms with Crippen molar-refractivity contribution in [3.8, 4) is 23.0 Å². The molecule has 2 aliphatic rings. The van der Waals surface area contributed by atoms with Gasteiger partial charge in [0.15, 0.2) is 11.5 Å². The van der Waals surface area contributed by atoms with Crippen LogP contribution < -0.4 is 16.0 Å². The van der Waals surface area contributed by atoms with Gasteiger partial charge in [-0.2, -0.15) is 4.98 Å². The highest BCUT2D eigenvalue weighted by molar-refractivity contribution is 6.31. The number of H-pyrrole nitrogens is 1. The fourth-order valence-corrected chi connectivity index (χ4v) is 4.31. The third kappa shape index (κ3) is 2.95. The quantitative estimate of drug-likeness (QED) is 0.397. The molecule has 0 atom stereocenters. The van der Waals surface area contributed by atoms with E-state index in [1.54, 1.807) is 29.9 Å². The average molecular weight is 456 g/mol. The van der Waals surface area contributed by atoms with Crippen LogP contribution >= 0.6 is 11.6 Å². The van der Waals surface area contributed by atoms with Crippen LogP contribution in [-0.2, 0) is 0 Å². The molecule has 6 rings (SSSR count). The first-order valence-electron chi connectivity index (χ1n) is 10.0. The number of ether oxygens (including phenoxy) is 1. The lowest BCUT2D eigenvalue weighted by Gasteiger charge is -2.20. The standard InChI is InChI=1S/C24H14ClN5O3/c1-33-13-7-9-16-15(11-13)21(14-8-6-12(25)10-18(14)26-16)30-19-5-3-2-4-17(19)27-20-22(30)28-24(32)29-23(20)31/h2-11H,1H3,(H,29,31,32). The maximum Gasteiger partial charge on any atom is 0.349 e. The van der Waals surface area contributed by atoms with Crippen molar-refractivity contribution in [1.29, 1.82) is 0 Å². The van der Waals surface area contributed by atoms with Gasteiger partial charge in [0.2, 0.25) is 0 Å². The van der Waals surface area contributed by atoms with Gasteiger partial charge in [-0.15, -0.1) is 0 Å². The summed E-state index contributed by atoms with van der Waals surface area (Å²) in [6.07, 6.45) is 0. The van der Waals surface area contributed by atoms with Crippen molar-refractivity contribution < 1.29 is 4.74 Å². The van der Waals surface area contributed by atoms with E-state index < -0.39 is 11.2 Å². The minimum atomic E-state index is -0.748. The normalized spacial score (nSPS) is 11.6. The first-order chi connectivity index (χ1) is 16.0. The number of pyridine rings is 1. The summed E-state index contributed by atoms with van der Waals surface area (Å²) in [5, 5.41) is 2.05. The lowest BCUT2D eigenvalue weighted by molar-refractivity contribution is 0.415. The smallest absolute Gasteiger partial charge is 0.349 e. The van der Waals surface area contributed by atoms with E-state index in [0.29, 0.717) is 38.5 Å². The first-order valence-corrected chi connectivity index (χ1v) is 10.4. The Morgan fingerprint density at radius 3 is 2.58 bits per heavy atom. The van der Waals surface area contributed by atoms with Crippen molar-refractivity contribution in [2.24, 2.45) is 0 Å². The van der Waals surface area contributed by atoms with Gasteiger partial charge in [0.1, 0.15) is 5.75 Å². The summed E-state index contributed by atoms with van der Waals surface area (Å²) < 4.78 is 7.25. The predicted octanol–water partition coefficient (Wildman–Crippen LogP) is 3.94. The lowest BCUT2D eigenvalue weighted by Crippen LogP contribution is -2.28. The second kappa shape index (κ2) is 7.11. The Bertz CT molecular complexity index is 1830. The van der Waals surface area contributed by atoms with Crippen LogP contribution in [-0.4, -0.2) is 31.6 Å². The van der Waals surface area contributed by atoms with Crippen molar-refractivity contribution in [3.63, 3.8) is 0 Å². The monoisotopic (exact) mass is 455 g/mol. The number of fused-ring (bicyclic) bond motifs is 4. The number of hydrogen-bond donors (Lipinski definition) is 1. The molecule has 0 aliphatic carbocycles. The second-order valence-corrected chi connectivity index (χ2v) is 7.92. The van der Waals surface area contributed by atoms with Crippen molar-refractivity contribution in [2.75, 3.05) is 7.11 Å². The molecule has 1 aromatic heterocycles. The van der Waals surface area contributed by atoms with E-state index in [9.17, 15) is 9.59 Å². The number of methoxy groups -OCH3 is 1. The van der Waals surface area contributed by atoms with Crippen molar-refractivity contribution in [2.45, 2.75) is 0 Å². The molecule has 0 fully saturated rings. The third-order valence-electron chi connectivity index (χ3n) is 5.56. The Kier molecular flexibility index (Phi) is 4.18. The van der Waals surface area contributed by atoms with Crippen LogP contribution in [0.1, 0.15) is 0 Å². The molecular formula is C24H14ClN5O3. The Labute approximate surface area is 190 Å². The number of halogens is 1. The topological polar surface area (TPSA) is 103 Å². The summed E-state index contributed by atoms with van der Waals surface area (Å²) in [7, 11) is 1.59. The van der Waals surface area contributed by atoms with Gasteiger partial charge in [0, 0.05) is 15.8 Å². The van der Waals surface area contributed by atoms with Crippen LogP contribution in [0, 0.1) is 0 Å². The number of benzene rings is 3. The Balaban J connectivity index is 1.94. The Morgan fingerprint density at radius 1 is 0.879 bits per heavy atom. The molecule has 4 aromatic rings. The molecule has 1 N–H and O–H groups in total. The molecule has 0 saturated heterocycles. The highest BCUT2D eigenvalue weighted by Gasteiger charge is 2.23. The molecule has 8 nitrogen and oxygen atoms in total. The van der Waals surface area contributed by atoms with Gasteiger partial charge in [0.25, 0.3) is 5.56 Å². The molecule has 0 radical (unpaired) electrons. The number of aromatic amines is 1. The predicted molar refractivity (Wildman–Crippen MR) is 127 cm³/mol. The van der Waals surface area contributed by atoms with Gasteiger partial charge in [-0.1, -0.05) is 23.7 Å². The molecular weight excluding hydrogens is 442 g/mol. The van der Waals surface area contributed by atoms with Crippen LogP contribution in [0.4, 0.5) is 0 Å². The minimum Gasteiger partial charge on any atom is -0.497 e. The second-order valence-electron chi connectivity index (χ2n) is 7.48. The third-order valence-corrected chi connectivity index (χ3v) is 5.79. The Hall–Kier alpha value is -4.30. The molecule has 9 heteroatoms. The first kappa shape index (κ1) is 19.4. The van der Waals surface area contributed by atoms with Crippen LogP contribution in [0.3, 0.4) is 0 Å². The molecule has 0 unspecified atom stereocenters. The zero-order valence-corrected chi connectivity index (χ0v) is 17.9. The molecule has 0 saturated carbocycles. The summed E-state index contributed by atoms with van der Waals surface area (Å²) in [6, 6.07) is 18.3. The number of nitrogens with zero attached hydrogens (tertiary/aromatic N) is 4. The highest BCUT2D eigenvalue weighted by Crippen LogP contribution is 2.36. The van der Waals surface area contributed by atoms with Gasteiger partial charge in [-0.25, -0.2) is 14.8 Å². The number of rotatable bonds is 2. The number of aromatic nitrogens is 5. The molecule has 2 aliphatic heterocycles. The van der Waals surface area contributed by atoms with E-state index >= 15 is 0 Å². The van der Waals surface area contributed by atoms with E-state index in [-0.39, 0.29) is 11.5 Å². The van der Waals surface area contributed by atoms with Gasteiger partial charge in [-0.05, 0) is 48.5 Å². The molecule has 0 spiro atoms.